The van der Waals surface area contributed by atoms with E-state index in [9.17, 15) is 14.4 Å². The molecule has 24 heavy (non-hydrogen) atoms. The molecule has 2 aromatic rings. The van der Waals surface area contributed by atoms with Crippen LogP contribution in [0.15, 0.2) is 40.3 Å². The molecule has 0 fully saturated rings. The second-order valence-corrected chi connectivity index (χ2v) is 5.99. The average molecular weight is 348 g/mol. The van der Waals surface area contributed by atoms with E-state index in [0.717, 1.165) is 11.8 Å². The van der Waals surface area contributed by atoms with Crippen molar-refractivity contribution in [3.63, 3.8) is 0 Å². The highest BCUT2D eigenvalue weighted by Crippen LogP contribution is 2.14. The van der Waals surface area contributed by atoms with E-state index in [0.29, 0.717) is 16.3 Å². The number of anilines is 1. The lowest BCUT2D eigenvalue weighted by molar-refractivity contribution is -0.113. The molecule has 0 aliphatic heterocycles. The fraction of sp³-hybridized carbons (Fsp3) is 0.267. The molecule has 0 atom stereocenters. The van der Waals surface area contributed by atoms with Crippen LogP contribution in [-0.2, 0) is 9.53 Å². The lowest BCUT2D eigenvalue weighted by Crippen LogP contribution is -2.16. The van der Waals surface area contributed by atoms with Crippen LogP contribution in [-0.4, -0.2) is 38.9 Å². The molecule has 1 aromatic carbocycles. The summed E-state index contributed by atoms with van der Waals surface area (Å²) in [6.45, 7) is 3.55. The summed E-state index contributed by atoms with van der Waals surface area (Å²) in [5.74, 6) is -0.596. The number of benzene rings is 1. The third kappa shape index (κ3) is 5.51. The van der Waals surface area contributed by atoms with Gasteiger partial charge in [-0.15, -0.1) is 0 Å². The zero-order chi connectivity index (χ0) is 17.5. The first-order chi connectivity index (χ1) is 11.4. The maximum atomic E-state index is 11.9. The number of H-pyrrole nitrogens is 1. The van der Waals surface area contributed by atoms with E-state index < -0.39 is 11.7 Å². The maximum absolute atomic E-state index is 11.9. The van der Waals surface area contributed by atoms with E-state index in [1.807, 2.05) is 0 Å². The molecule has 126 valence electrons. The minimum absolute atomic E-state index is 0.0786. The highest BCUT2D eigenvalue weighted by Gasteiger charge is 2.10. The van der Waals surface area contributed by atoms with Crippen LogP contribution in [0.3, 0.4) is 0 Å². The molecule has 0 radical (unpaired) electrons. The van der Waals surface area contributed by atoms with Gasteiger partial charge in [-0.25, -0.2) is 14.7 Å². The molecule has 1 amide bonds. The zero-order valence-electron chi connectivity index (χ0n) is 13.1. The van der Waals surface area contributed by atoms with Crippen LogP contribution in [0.25, 0.3) is 0 Å². The Morgan fingerprint density at radius 3 is 2.62 bits per heavy atom. The van der Waals surface area contributed by atoms with E-state index >= 15 is 0 Å². The third-order valence-electron chi connectivity index (χ3n) is 2.65. The van der Waals surface area contributed by atoms with Gasteiger partial charge in [-0.05, 0) is 38.1 Å². The van der Waals surface area contributed by atoms with Gasteiger partial charge in [-0.3, -0.25) is 4.79 Å². The molecule has 0 spiro atoms. The number of nitrogens with zero attached hydrogens (tertiary/aromatic N) is 2. The molecule has 1 heterocycles. The summed E-state index contributed by atoms with van der Waals surface area (Å²) in [6, 6.07) is 6.39. The molecule has 0 saturated heterocycles. The second kappa shape index (κ2) is 8.25. The van der Waals surface area contributed by atoms with Crippen molar-refractivity contribution in [3.8, 4) is 0 Å². The molecule has 9 heteroatoms. The molecule has 2 N–H and O–H groups in total. The van der Waals surface area contributed by atoms with Gasteiger partial charge in [-0.1, -0.05) is 11.8 Å². The van der Waals surface area contributed by atoms with Crippen LogP contribution in [0.4, 0.5) is 5.69 Å². The molecular weight excluding hydrogens is 332 g/mol. The summed E-state index contributed by atoms with van der Waals surface area (Å²) in [6.07, 6.45) is 1.18. The summed E-state index contributed by atoms with van der Waals surface area (Å²) in [4.78, 5) is 38.3. The summed E-state index contributed by atoms with van der Waals surface area (Å²) in [7, 11) is 0. The molecule has 2 rings (SSSR count). The van der Waals surface area contributed by atoms with Gasteiger partial charge in [0, 0.05) is 5.69 Å². The first kappa shape index (κ1) is 17.7. The van der Waals surface area contributed by atoms with Crippen molar-refractivity contribution in [2.75, 3.05) is 11.1 Å². The molecule has 0 unspecified atom stereocenters. The molecule has 0 bridgehead atoms. The van der Waals surface area contributed by atoms with E-state index in [2.05, 4.69) is 20.5 Å². The normalized spacial score (nSPS) is 10.5. The van der Waals surface area contributed by atoms with Crippen LogP contribution in [0.2, 0.25) is 0 Å². The number of hydrogen-bond acceptors (Lipinski definition) is 7. The summed E-state index contributed by atoms with van der Waals surface area (Å²) < 4.78 is 5.08. The number of nitrogens with one attached hydrogen (secondary N) is 2. The molecule has 0 saturated carbocycles. The van der Waals surface area contributed by atoms with Gasteiger partial charge in [0.15, 0.2) is 0 Å². The van der Waals surface area contributed by atoms with Crippen molar-refractivity contribution >= 4 is 29.3 Å². The van der Waals surface area contributed by atoms with Gasteiger partial charge in [0.05, 0.1) is 23.6 Å². The number of aromatic nitrogens is 3. The molecule has 8 nitrogen and oxygen atoms in total. The monoisotopic (exact) mass is 348 g/mol. The minimum Gasteiger partial charge on any atom is -0.459 e. The Bertz CT molecular complexity index is 774. The number of thioether (sulfide) groups is 1. The second-order valence-electron chi connectivity index (χ2n) is 4.99. The van der Waals surface area contributed by atoms with Gasteiger partial charge in [-0.2, -0.15) is 10.1 Å². The van der Waals surface area contributed by atoms with E-state index in [4.69, 9.17) is 4.74 Å². The van der Waals surface area contributed by atoms with Gasteiger partial charge in [0.1, 0.15) is 5.03 Å². The van der Waals surface area contributed by atoms with Gasteiger partial charge >= 0.3 is 11.7 Å². The fourth-order valence-electron chi connectivity index (χ4n) is 1.67. The van der Waals surface area contributed by atoms with Gasteiger partial charge in [0.25, 0.3) is 0 Å². The van der Waals surface area contributed by atoms with Crippen LogP contribution < -0.4 is 11.0 Å². The van der Waals surface area contributed by atoms with Gasteiger partial charge < -0.3 is 10.1 Å². The van der Waals surface area contributed by atoms with E-state index in [-0.39, 0.29) is 17.8 Å². The molecule has 0 aliphatic rings. The largest absolute Gasteiger partial charge is 0.459 e. The number of amides is 1. The Morgan fingerprint density at radius 2 is 2.00 bits per heavy atom. The number of aromatic amines is 1. The molecular formula is C15H16N4O4S. The van der Waals surface area contributed by atoms with Crippen molar-refractivity contribution in [1.29, 1.82) is 0 Å². The van der Waals surface area contributed by atoms with Crippen molar-refractivity contribution < 1.29 is 14.3 Å². The first-order valence-corrected chi connectivity index (χ1v) is 8.08. The van der Waals surface area contributed by atoms with Crippen molar-refractivity contribution in [1.82, 2.24) is 15.2 Å². The van der Waals surface area contributed by atoms with Crippen LogP contribution in [0.5, 0.6) is 0 Å². The molecule has 1 aromatic heterocycles. The fourth-order valence-corrected chi connectivity index (χ4v) is 2.30. The molecule has 0 aliphatic carbocycles. The third-order valence-corrected chi connectivity index (χ3v) is 3.54. The number of rotatable bonds is 6. The quantitative estimate of drug-likeness (QED) is 0.600. The summed E-state index contributed by atoms with van der Waals surface area (Å²) in [5, 5.41) is 8.80. The number of hydrogen-bond donors (Lipinski definition) is 2. The predicted molar refractivity (Wildman–Crippen MR) is 89.0 cm³/mol. The zero-order valence-corrected chi connectivity index (χ0v) is 13.9. The van der Waals surface area contributed by atoms with Crippen molar-refractivity contribution in [2.45, 2.75) is 25.0 Å². The predicted octanol–water partition coefficient (Wildman–Crippen LogP) is 1.46. The van der Waals surface area contributed by atoms with Crippen LogP contribution in [0, 0.1) is 0 Å². The number of ether oxygens (including phenoxy) is 1. The standard InChI is InChI=1S/C15H16N4O4S/c1-9(2)23-14(21)10-3-5-11(6-4-10)17-12(20)8-24-13-7-16-19-15(22)18-13/h3-7,9H,8H2,1-2H3,(H,17,20)(H,18,19,22). The number of carbonyl (C=O) groups excluding carboxylic acids is 2. The highest BCUT2D eigenvalue weighted by molar-refractivity contribution is 7.99. The minimum atomic E-state index is -0.565. The maximum Gasteiger partial charge on any atom is 0.362 e. The Hall–Kier alpha value is -2.68. The lowest BCUT2D eigenvalue weighted by atomic mass is 10.2. The van der Waals surface area contributed by atoms with E-state index in [1.54, 1.807) is 38.1 Å². The Balaban J connectivity index is 1.87. The average Bonchev–Trinajstić information content (AvgIpc) is 2.53. The van der Waals surface area contributed by atoms with Crippen molar-refractivity contribution in [3.05, 3.63) is 46.5 Å². The first-order valence-electron chi connectivity index (χ1n) is 7.09. The van der Waals surface area contributed by atoms with Crippen LogP contribution in [0.1, 0.15) is 24.2 Å². The van der Waals surface area contributed by atoms with E-state index in [1.165, 1.54) is 6.20 Å². The smallest absolute Gasteiger partial charge is 0.362 e. The number of carbonyl (C=O) groups is 2. The van der Waals surface area contributed by atoms with Crippen molar-refractivity contribution in [2.24, 2.45) is 0 Å². The highest BCUT2D eigenvalue weighted by atomic mass is 32.2. The number of esters is 1. The van der Waals surface area contributed by atoms with Crippen LogP contribution >= 0.6 is 11.8 Å². The SMILES string of the molecule is CC(C)OC(=O)c1ccc(NC(=O)CSc2cn[nH]c(=O)n2)cc1. The topological polar surface area (TPSA) is 114 Å². The Labute approximate surface area is 142 Å². The Kier molecular flexibility index (Phi) is 6.07. The van der Waals surface area contributed by atoms with Gasteiger partial charge in [0.2, 0.25) is 5.91 Å². The summed E-state index contributed by atoms with van der Waals surface area (Å²) in [5.41, 5.74) is 0.401. The summed E-state index contributed by atoms with van der Waals surface area (Å²) >= 11 is 1.10. The lowest BCUT2D eigenvalue weighted by Gasteiger charge is -2.09. The Morgan fingerprint density at radius 1 is 1.29 bits per heavy atom.